The average Bonchev–Trinajstić information content (AvgIpc) is 3.09. The second-order valence-electron chi connectivity index (χ2n) is 5.82. The molecule has 0 saturated heterocycles. The van der Waals surface area contributed by atoms with E-state index in [0.717, 1.165) is 19.1 Å². The number of aliphatic hydroxyl groups excluding tert-OH is 1. The maximum absolute atomic E-state index is 10.8. The lowest BCUT2D eigenvalue weighted by molar-refractivity contribution is 0.112. The van der Waals surface area contributed by atoms with Crippen molar-refractivity contribution in [3.63, 3.8) is 0 Å². The van der Waals surface area contributed by atoms with Gasteiger partial charge in [-0.25, -0.2) is 0 Å². The van der Waals surface area contributed by atoms with Gasteiger partial charge in [-0.05, 0) is 31.0 Å². The molecular formula is C17H20N2O4. The monoisotopic (exact) mass is 316 g/mol. The molecule has 0 spiro atoms. The molecule has 0 atom stereocenters. The van der Waals surface area contributed by atoms with E-state index in [9.17, 15) is 9.90 Å². The fourth-order valence-electron chi connectivity index (χ4n) is 2.92. The molecule has 122 valence electrons. The molecule has 6 heteroatoms. The molecule has 3 rings (SSSR count). The third-order valence-electron chi connectivity index (χ3n) is 4.19. The first kappa shape index (κ1) is 15.7. The molecule has 1 aromatic carbocycles. The summed E-state index contributed by atoms with van der Waals surface area (Å²) in [7, 11) is 0. The van der Waals surface area contributed by atoms with E-state index in [0.29, 0.717) is 34.5 Å². The molecule has 0 unspecified atom stereocenters. The molecule has 6 nitrogen and oxygen atoms in total. The van der Waals surface area contributed by atoms with E-state index in [1.807, 2.05) is 0 Å². The predicted octanol–water partition coefficient (Wildman–Crippen LogP) is 3.00. The van der Waals surface area contributed by atoms with E-state index >= 15 is 0 Å². The Morgan fingerprint density at radius 3 is 2.87 bits per heavy atom. The first-order valence-corrected chi connectivity index (χ1v) is 7.94. The second kappa shape index (κ2) is 7.37. The molecule has 1 fully saturated rings. The van der Waals surface area contributed by atoms with E-state index in [-0.39, 0.29) is 13.2 Å². The quantitative estimate of drug-likeness (QED) is 0.825. The minimum absolute atomic E-state index is 0.170. The molecule has 0 amide bonds. The fraction of sp³-hybridized carbons (Fsp3) is 0.471. The molecule has 1 aliphatic rings. The Bertz CT molecular complexity index is 662. The number of aldehydes is 1. The van der Waals surface area contributed by atoms with Gasteiger partial charge in [0.15, 0.2) is 6.61 Å². The predicted molar refractivity (Wildman–Crippen MR) is 82.2 cm³/mol. The van der Waals surface area contributed by atoms with Gasteiger partial charge in [-0.1, -0.05) is 24.4 Å². The molecule has 1 N–H and O–H groups in total. The van der Waals surface area contributed by atoms with Crippen molar-refractivity contribution in [1.82, 2.24) is 10.1 Å². The van der Waals surface area contributed by atoms with Gasteiger partial charge in [0, 0.05) is 17.0 Å². The molecule has 23 heavy (non-hydrogen) atoms. The van der Waals surface area contributed by atoms with Gasteiger partial charge < -0.3 is 14.4 Å². The third-order valence-corrected chi connectivity index (χ3v) is 4.19. The zero-order valence-corrected chi connectivity index (χ0v) is 12.9. The van der Waals surface area contributed by atoms with Crippen LogP contribution in [0.1, 0.15) is 65.7 Å². The largest absolute Gasteiger partial charge is 0.485 e. The maximum atomic E-state index is 10.8. The maximum Gasteiger partial charge on any atom is 0.229 e. The van der Waals surface area contributed by atoms with Crippen LogP contribution in [-0.2, 0) is 13.2 Å². The van der Waals surface area contributed by atoms with Gasteiger partial charge in [0.2, 0.25) is 11.7 Å². The number of hydrogen-bond acceptors (Lipinski definition) is 6. The van der Waals surface area contributed by atoms with Crippen LogP contribution in [0, 0.1) is 0 Å². The highest BCUT2D eigenvalue weighted by molar-refractivity contribution is 5.75. The summed E-state index contributed by atoms with van der Waals surface area (Å²) in [6.07, 6.45) is 6.64. The van der Waals surface area contributed by atoms with E-state index in [4.69, 9.17) is 9.26 Å². The normalized spacial score (nSPS) is 15.5. The van der Waals surface area contributed by atoms with Crippen LogP contribution in [0.2, 0.25) is 0 Å². The van der Waals surface area contributed by atoms with Crippen molar-refractivity contribution < 1.29 is 19.2 Å². The molecular weight excluding hydrogens is 296 g/mol. The van der Waals surface area contributed by atoms with Gasteiger partial charge in [0.1, 0.15) is 12.0 Å². The number of aliphatic hydroxyl groups is 1. The topological polar surface area (TPSA) is 85.5 Å². The van der Waals surface area contributed by atoms with Crippen LogP contribution in [0.3, 0.4) is 0 Å². The van der Waals surface area contributed by atoms with Crippen LogP contribution in [0.15, 0.2) is 22.7 Å². The Labute approximate surface area is 134 Å². The number of hydrogen-bond donors (Lipinski definition) is 1. The van der Waals surface area contributed by atoms with E-state index in [2.05, 4.69) is 10.1 Å². The molecule has 1 saturated carbocycles. The summed E-state index contributed by atoms with van der Waals surface area (Å²) >= 11 is 0. The SMILES string of the molecule is O=Cc1ccc(OCc2noc(C3CCCCC3)n2)c(CO)c1. The number of carbonyl (C=O) groups is 1. The van der Waals surface area contributed by atoms with Crippen molar-refractivity contribution in [2.24, 2.45) is 0 Å². The van der Waals surface area contributed by atoms with Gasteiger partial charge >= 0.3 is 0 Å². The first-order chi connectivity index (χ1) is 11.3. The summed E-state index contributed by atoms with van der Waals surface area (Å²) in [5, 5.41) is 13.3. The molecule has 1 aliphatic carbocycles. The number of ether oxygens (including phenoxy) is 1. The van der Waals surface area contributed by atoms with Crippen molar-refractivity contribution >= 4 is 6.29 Å². The zero-order chi connectivity index (χ0) is 16.1. The number of aromatic nitrogens is 2. The van der Waals surface area contributed by atoms with Crippen molar-refractivity contribution in [1.29, 1.82) is 0 Å². The van der Waals surface area contributed by atoms with Crippen LogP contribution < -0.4 is 4.74 Å². The summed E-state index contributed by atoms with van der Waals surface area (Å²) in [4.78, 5) is 15.2. The number of benzene rings is 1. The summed E-state index contributed by atoms with van der Waals surface area (Å²) in [5.74, 6) is 2.07. The highest BCUT2D eigenvalue weighted by atomic mass is 16.5. The second-order valence-corrected chi connectivity index (χ2v) is 5.82. The Balaban J connectivity index is 1.64. The van der Waals surface area contributed by atoms with Crippen LogP contribution in [0.4, 0.5) is 0 Å². The summed E-state index contributed by atoms with van der Waals surface area (Å²) in [6, 6.07) is 4.91. The fourth-order valence-corrected chi connectivity index (χ4v) is 2.92. The summed E-state index contributed by atoms with van der Waals surface area (Å²) < 4.78 is 11.0. The summed E-state index contributed by atoms with van der Waals surface area (Å²) in [5.41, 5.74) is 1.06. The highest BCUT2D eigenvalue weighted by Crippen LogP contribution is 2.31. The van der Waals surface area contributed by atoms with Crippen molar-refractivity contribution in [2.45, 2.75) is 51.2 Å². The van der Waals surface area contributed by atoms with Gasteiger partial charge in [-0.15, -0.1) is 0 Å². The van der Waals surface area contributed by atoms with Crippen LogP contribution >= 0.6 is 0 Å². The minimum Gasteiger partial charge on any atom is -0.485 e. The number of nitrogens with zero attached hydrogens (tertiary/aromatic N) is 2. The lowest BCUT2D eigenvalue weighted by atomic mass is 9.89. The Kier molecular flexibility index (Phi) is 5.02. The number of carbonyl (C=O) groups excluding carboxylic acids is 1. The molecule has 0 bridgehead atoms. The van der Waals surface area contributed by atoms with Crippen LogP contribution in [-0.4, -0.2) is 21.5 Å². The Hall–Kier alpha value is -2.21. The van der Waals surface area contributed by atoms with Crippen molar-refractivity contribution in [2.75, 3.05) is 0 Å². The molecule has 0 aliphatic heterocycles. The van der Waals surface area contributed by atoms with Crippen molar-refractivity contribution in [3.05, 3.63) is 41.0 Å². The first-order valence-electron chi connectivity index (χ1n) is 7.94. The third kappa shape index (κ3) is 3.76. The Morgan fingerprint density at radius 2 is 2.13 bits per heavy atom. The van der Waals surface area contributed by atoms with E-state index < -0.39 is 0 Å². The van der Waals surface area contributed by atoms with Crippen LogP contribution in [0.25, 0.3) is 0 Å². The lowest BCUT2D eigenvalue weighted by Gasteiger charge is -2.17. The molecule has 1 aromatic heterocycles. The minimum atomic E-state index is -0.198. The zero-order valence-electron chi connectivity index (χ0n) is 12.9. The van der Waals surface area contributed by atoms with Gasteiger partial charge in [0.25, 0.3) is 0 Å². The van der Waals surface area contributed by atoms with Crippen molar-refractivity contribution in [3.8, 4) is 5.75 Å². The van der Waals surface area contributed by atoms with Crippen LogP contribution in [0.5, 0.6) is 5.75 Å². The molecule has 1 heterocycles. The molecule has 2 aromatic rings. The Morgan fingerprint density at radius 1 is 1.30 bits per heavy atom. The van der Waals surface area contributed by atoms with Gasteiger partial charge in [-0.3, -0.25) is 4.79 Å². The number of rotatable bonds is 6. The average molecular weight is 316 g/mol. The van der Waals surface area contributed by atoms with E-state index in [1.54, 1.807) is 18.2 Å². The smallest absolute Gasteiger partial charge is 0.229 e. The molecule has 0 radical (unpaired) electrons. The lowest BCUT2D eigenvalue weighted by Crippen LogP contribution is -2.05. The van der Waals surface area contributed by atoms with Gasteiger partial charge in [0.05, 0.1) is 6.61 Å². The summed E-state index contributed by atoms with van der Waals surface area (Å²) in [6.45, 7) is -0.0275. The highest BCUT2D eigenvalue weighted by Gasteiger charge is 2.21. The van der Waals surface area contributed by atoms with E-state index in [1.165, 1.54) is 19.3 Å². The van der Waals surface area contributed by atoms with Gasteiger partial charge in [-0.2, -0.15) is 4.98 Å². The standard InChI is InChI=1S/C17H20N2O4/c20-9-12-6-7-15(14(8-12)10-21)22-11-16-18-17(23-19-16)13-4-2-1-3-5-13/h6-9,13,21H,1-5,10-11H2.